The maximum Gasteiger partial charge on any atom is 0.192 e. The first-order valence-electron chi connectivity index (χ1n) is 6.48. The summed E-state index contributed by atoms with van der Waals surface area (Å²) in [5.41, 5.74) is 1.43. The number of anilines is 1. The van der Waals surface area contributed by atoms with Crippen LogP contribution >= 0.6 is 0 Å². The Bertz CT molecular complexity index is 714. The average Bonchev–Trinajstić information content (AvgIpc) is 2.84. The van der Waals surface area contributed by atoms with Crippen molar-refractivity contribution in [1.82, 2.24) is 20.0 Å². The van der Waals surface area contributed by atoms with E-state index in [0.29, 0.717) is 6.54 Å². The molecule has 0 saturated heterocycles. The Labute approximate surface area is 124 Å². The fourth-order valence-electron chi connectivity index (χ4n) is 1.60. The van der Waals surface area contributed by atoms with Crippen LogP contribution in [0.1, 0.15) is 26.5 Å². The van der Waals surface area contributed by atoms with Crippen LogP contribution in [0.2, 0.25) is 0 Å². The number of rotatable bonds is 4. The third-order valence-corrected chi connectivity index (χ3v) is 3.82. The molecule has 0 aliphatic heterocycles. The van der Waals surface area contributed by atoms with Crippen LogP contribution < -0.4 is 5.32 Å². The van der Waals surface area contributed by atoms with Gasteiger partial charge in [-0.15, -0.1) is 5.10 Å². The van der Waals surface area contributed by atoms with Gasteiger partial charge >= 0.3 is 0 Å². The van der Waals surface area contributed by atoms with E-state index in [1.165, 1.54) is 12.3 Å². The van der Waals surface area contributed by atoms with E-state index in [9.17, 15) is 8.42 Å². The van der Waals surface area contributed by atoms with Crippen molar-refractivity contribution >= 4 is 15.5 Å². The summed E-state index contributed by atoms with van der Waals surface area (Å²) in [7, 11) is -3.26. The molecule has 2 heterocycles. The van der Waals surface area contributed by atoms with E-state index < -0.39 is 9.84 Å². The first-order valence-corrected chi connectivity index (χ1v) is 8.37. The summed E-state index contributed by atoms with van der Waals surface area (Å²) in [5, 5.41) is 11.4. The molecule has 0 spiro atoms. The Morgan fingerprint density at radius 3 is 2.48 bits per heavy atom. The number of hydrogen-bond acceptors (Lipinski definition) is 6. The van der Waals surface area contributed by atoms with Gasteiger partial charge < -0.3 is 5.32 Å². The van der Waals surface area contributed by atoms with Gasteiger partial charge in [-0.1, -0.05) is 5.21 Å². The molecule has 0 atom stereocenters. The zero-order valence-electron chi connectivity index (χ0n) is 12.5. The summed E-state index contributed by atoms with van der Waals surface area (Å²) in [6.07, 6.45) is 4.50. The van der Waals surface area contributed by atoms with Gasteiger partial charge in [-0.3, -0.25) is 0 Å². The molecule has 7 nitrogen and oxygen atoms in total. The zero-order valence-corrected chi connectivity index (χ0v) is 13.3. The first-order chi connectivity index (χ1) is 9.66. The van der Waals surface area contributed by atoms with Crippen LogP contribution in [0.15, 0.2) is 29.6 Å². The number of hydrogen-bond donors (Lipinski definition) is 1. The molecular formula is C13H19N5O2S. The van der Waals surface area contributed by atoms with E-state index in [2.05, 4.69) is 20.6 Å². The highest BCUT2D eigenvalue weighted by Gasteiger charge is 2.15. The second kappa shape index (κ2) is 5.44. The van der Waals surface area contributed by atoms with Crippen molar-refractivity contribution in [3.8, 4) is 0 Å². The summed E-state index contributed by atoms with van der Waals surface area (Å²) in [6, 6.07) is 3.15. The molecule has 0 unspecified atom stereocenters. The SMILES string of the molecule is CC(C)(C)n1cc(CNc2ccc(S(C)(=O)=O)nc2)nn1. The van der Waals surface area contributed by atoms with Crippen LogP contribution in [0.5, 0.6) is 0 Å². The fraction of sp³-hybridized carbons (Fsp3) is 0.462. The molecular weight excluding hydrogens is 290 g/mol. The lowest BCUT2D eigenvalue weighted by molar-refractivity contribution is 0.347. The third kappa shape index (κ3) is 4.01. The van der Waals surface area contributed by atoms with E-state index in [1.807, 2.05) is 27.0 Å². The Balaban J connectivity index is 2.02. The van der Waals surface area contributed by atoms with Gasteiger partial charge in [0, 0.05) is 6.26 Å². The monoisotopic (exact) mass is 309 g/mol. The summed E-state index contributed by atoms with van der Waals surface area (Å²) < 4.78 is 24.4. The van der Waals surface area contributed by atoms with Crippen molar-refractivity contribution in [1.29, 1.82) is 0 Å². The minimum atomic E-state index is -3.26. The Kier molecular flexibility index (Phi) is 3.99. The topological polar surface area (TPSA) is 89.8 Å². The van der Waals surface area contributed by atoms with Gasteiger partial charge in [-0.2, -0.15) is 0 Å². The van der Waals surface area contributed by atoms with E-state index >= 15 is 0 Å². The van der Waals surface area contributed by atoms with Crippen molar-refractivity contribution in [3.63, 3.8) is 0 Å². The van der Waals surface area contributed by atoms with E-state index in [-0.39, 0.29) is 10.6 Å². The summed E-state index contributed by atoms with van der Waals surface area (Å²) >= 11 is 0. The lowest BCUT2D eigenvalue weighted by atomic mass is 10.1. The molecule has 0 bridgehead atoms. The van der Waals surface area contributed by atoms with Crippen molar-refractivity contribution in [2.45, 2.75) is 37.9 Å². The third-order valence-electron chi connectivity index (χ3n) is 2.82. The molecule has 21 heavy (non-hydrogen) atoms. The minimum absolute atomic E-state index is 0.0618. The van der Waals surface area contributed by atoms with E-state index in [0.717, 1.165) is 17.6 Å². The first kappa shape index (κ1) is 15.4. The van der Waals surface area contributed by atoms with Crippen LogP contribution in [0.3, 0.4) is 0 Å². The highest BCUT2D eigenvalue weighted by molar-refractivity contribution is 7.90. The molecule has 2 aromatic heterocycles. The summed E-state index contributed by atoms with van der Waals surface area (Å²) in [6.45, 7) is 6.64. The van der Waals surface area contributed by atoms with Crippen LogP contribution in [0.25, 0.3) is 0 Å². The number of nitrogens with one attached hydrogen (secondary N) is 1. The number of aromatic nitrogens is 4. The van der Waals surface area contributed by atoms with Crippen molar-refractivity contribution in [3.05, 3.63) is 30.2 Å². The summed E-state index contributed by atoms with van der Waals surface area (Å²) in [5.74, 6) is 0. The molecule has 0 amide bonds. The van der Waals surface area contributed by atoms with Crippen molar-refractivity contribution < 1.29 is 8.42 Å². The zero-order chi connectivity index (χ0) is 15.7. The van der Waals surface area contributed by atoms with Crippen LogP contribution in [-0.4, -0.2) is 34.7 Å². The lowest BCUT2D eigenvalue weighted by Gasteiger charge is -2.17. The number of nitrogens with zero attached hydrogens (tertiary/aromatic N) is 4. The Hall–Kier alpha value is -1.96. The van der Waals surface area contributed by atoms with Gasteiger partial charge in [0.25, 0.3) is 0 Å². The maximum absolute atomic E-state index is 11.3. The molecule has 0 saturated carbocycles. The van der Waals surface area contributed by atoms with Gasteiger partial charge in [0.15, 0.2) is 14.9 Å². The Morgan fingerprint density at radius 1 is 1.29 bits per heavy atom. The predicted octanol–water partition coefficient (Wildman–Crippen LogP) is 1.44. The van der Waals surface area contributed by atoms with Gasteiger partial charge in [-0.25, -0.2) is 18.1 Å². The minimum Gasteiger partial charge on any atom is -0.378 e. The smallest absolute Gasteiger partial charge is 0.192 e. The van der Waals surface area contributed by atoms with E-state index in [4.69, 9.17) is 0 Å². The van der Waals surface area contributed by atoms with E-state index in [1.54, 1.807) is 10.7 Å². The van der Waals surface area contributed by atoms with Gasteiger partial charge in [0.1, 0.15) is 5.69 Å². The lowest BCUT2D eigenvalue weighted by Crippen LogP contribution is -2.22. The Morgan fingerprint density at radius 2 is 2.00 bits per heavy atom. The number of sulfone groups is 1. The molecule has 8 heteroatoms. The highest BCUT2D eigenvalue weighted by atomic mass is 32.2. The second-order valence-electron chi connectivity index (χ2n) is 5.84. The average molecular weight is 309 g/mol. The molecule has 114 valence electrons. The molecule has 0 aliphatic rings. The molecule has 2 rings (SSSR count). The molecule has 0 aliphatic carbocycles. The predicted molar refractivity (Wildman–Crippen MR) is 79.7 cm³/mol. The summed E-state index contributed by atoms with van der Waals surface area (Å²) in [4.78, 5) is 3.91. The maximum atomic E-state index is 11.3. The van der Waals surface area contributed by atoms with Crippen molar-refractivity contribution in [2.75, 3.05) is 11.6 Å². The van der Waals surface area contributed by atoms with Gasteiger partial charge in [0.2, 0.25) is 0 Å². The fourth-order valence-corrected chi connectivity index (χ4v) is 2.16. The number of pyridine rings is 1. The quantitative estimate of drug-likeness (QED) is 0.919. The molecule has 0 aromatic carbocycles. The molecule has 0 radical (unpaired) electrons. The second-order valence-corrected chi connectivity index (χ2v) is 7.80. The van der Waals surface area contributed by atoms with Gasteiger partial charge in [0.05, 0.1) is 30.2 Å². The molecule has 0 fully saturated rings. The van der Waals surface area contributed by atoms with Crippen LogP contribution in [0.4, 0.5) is 5.69 Å². The van der Waals surface area contributed by atoms with Gasteiger partial charge in [-0.05, 0) is 32.9 Å². The highest BCUT2D eigenvalue weighted by Crippen LogP contribution is 2.14. The normalized spacial score (nSPS) is 12.4. The molecule has 2 aromatic rings. The van der Waals surface area contributed by atoms with Crippen molar-refractivity contribution in [2.24, 2.45) is 0 Å². The largest absolute Gasteiger partial charge is 0.378 e. The molecule has 1 N–H and O–H groups in total. The van der Waals surface area contributed by atoms with Crippen LogP contribution in [-0.2, 0) is 21.9 Å². The standard InChI is InChI=1S/C13H19N5O2S/c1-13(2,3)18-9-11(16-17-18)8-14-10-5-6-12(15-7-10)21(4,19)20/h5-7,9,14H,8H2,1-4H3. The van der Waals surface area contributed by atoms with Crippen LogP contribution in [0, 0.1) is 0 Å².